The molecule has 0 bridgehead atoms. The molecule has 0 N–H and O–H groups in total. The van der Waals surface area contributed by atoms with E-state index < -0.39 is 16.6 Å². The third-order valence-electron chi connectivity index (χ3n) is 7.20. The van der Waals surface area contributed by atoms with E-state index in [0.717, 1.165) is 0 Å². The van der Waals surface area contributed by atoms with Gasteiger partial charge in [0.1, 0.15) is 0 Å². The van der Waals surface area contributed by atoms with Gasteiger partial charge in [0.15, 0.2) is 8.32 Å². The largest absolute Gasteiger partial charge is 0.414 e. The van der Waals surface area contributed by atoms with Crippen molar-refractivity contribution in [2.75, 3.05) is 52.9 Å². The first kappa shape index (κ1) is 31.9. The molecule has 0 amide bonds. The van der Waals surface area contributed by atoms with E-state index in [2.05, 4.69) is 115 Å². The van der Waals surface area contributed by atoms with Gasteiger partial charge in [-0.2, -0.15) is 0 Å². The van der Waals surface area contributed by atoms with Crippen LogP contribution in [0.2, 0.25) is 23.2 Å². The second kappa shape index (κ2) is 14.7. The van der Waals surface area contributed by atoms with Crippen LogP contribution in [-0.2, 0) is 23.1 Å². The van der Waals surface area contributed by atoms with Crippen molar-refractivity contribution in [1.82, 2.24) is 0 Å². The summed E-state index contributed by atoms with van der Waals surface area (Å²) in [6.07, 6.45) is 0. The number of hydrogen-bond donors (Lipinski definition) is 0. The molecule has 0 unspecified atom stereocenters. The summed E-state index contributed by atoms with van der Waals surface area (Å²) < 4.78 is 30.1. The Bertz CT molecular complexity index is 837. The maximum Gasteiger partial charge on any atom is 0.261 e. The van der Waals surface area contributed by atoms with Crippen molar-refractivity contribution in [2.45, 2.75) is 64.7 Å². The molecule has 0 atom stereocenters. The fourth-order valence-electron chi connectivity index (χ4n) is 4.13. The van der Waals surface area contributed by atoms with Crippen LogP contribution >= 0.6 is 0 Å². The number of hydrogen-bond acceptors (Lipinski definition) is 5. The molecule has 0 aliphatic rings. The van der Waals surface area contributed by atoms with Crippen molar-refractivity contribution >= 4 is 27.0 Å². The molecule has 0 saturated heterocycles. The summed E-state index contributed by atoms with van der Waals surface area (Å²) in [5.74, 6) is 0. The predicted octanol–water partition coefficient (Wildman–Crippen LogP) is 5.63. The quantitative estimate of drug-likeness (QED) is 0.202. The summed E-state index contributed by atoms with van der Waals surface area (Å²) in [7, 11) is -4.20. The summed E-state index contributed by atoms with van der Waals surface area (Å²) in [6, 6.07) is 21.4. The molecule has 7 heteroatoms. The second-order valence-electron chi connectivity index (χ2n) is 12.0. The molecule has 0 aliphatic heterocycles. The van der Waals surface area contributed by atoms with Gasteiger partial charge in [-0.3, -0.25) is 0 Å². The van der Waals surface area contributed by atoms with E-state index in [1.165, 1.54) is 10.4 Å². The molecule has 0 aliphatic carbocycles. The van der Waals surface area contributed by atoms with Crippen molar-refractivity contribution in [1.29, 1.82) is 0 Å². The van der Waals surface area contributed by atoms with Gasteiger partial charge in [0.25, 0.3) is 8.32 Å². The first-order chi connectivity index (χ1) is 17.4. The molecule has 2 aromatic rings. The molecule has 2 rings (SSSR count). The maximum atomic E-state index is 6.84. The van der Waals surface area contributed by atoms with Crippen LogP contribution in [0, 0.1) is 0 Å². The predicted molar refractivity (Wildman–Crippen MR) is 159 cm³/mol. The molecule has 2 aromatic carbocycles. The zero-order valence-electron chi connectivity index (χ0n) is 24.5. The lowest BCUT2D eigenvalue weighted by Gasteiger charge is -2.43. The zero-order chi connectivity index (χ0) is 27.4. The third kappa shape index (κ3) is 9.42. The molecule has 0 heterocycles. The Morgan fingerprint density at radius 1 is 0.486 bits per heavy atom. The fourth-order valence-corrected chi connectivity index (χ4v) is 9.70. The summed E-state index contributed by atoms with van der Waals surface area (Å²) in [5.41, 5.74) is 0. The molecule has 0 spiro atoms. The lowest BCUT2D eigenvalue weighted by atomic mass is 10.2. The van der Waals surface area contributed by atoms with Crippen molar-refractivity contribution in [2.24, 2.45) is 0 Å². The van der Waals surface area contributed by atoms with Gasteiger partial charge in [0, 0.05) is 0 Å². The Hall–Kier alpha value is -1.33. The Morgan fingerprint density at radius 3 is 1.19 bits per heavy atom. The highest BCUT2D eigenvalue weighted by molar-refractivity contribution is 6.99. The van der Waals surface area contributed by atoms with E-state index in [1.54, 1.807) is 0 Å². The van der Waals surface area contributed by atoms with Crippen molar-refractivity contribution in [3.05, 3.63) is 60.7 Å². The molecule has 208 valence electrons. The average molecular weight is 547 g/mol. The molecule has 0 saturated carbocycles. The second-order valence-corrected chi connectivity index (χ2v) is 21.1. The van der Waals surface area contributed by atoms with Gasteiger partial charge >= 0.3 is 0 Å². The monoisotopic (exact) mass is 546 g/mol. The minimum absolute atomic E-state index is 0.0332. The van der Waals surface area contributed by atoms with Gasteiger partial charge in [-0.05, 0) is 33.5 Å². The van der Waals surface area contributed by atoms with Gasteiger partial charge in [0.05, 0.1) is 52.9 Å². The molecule has 0 radical (unpaired) electrons. The van der Waals surface area contributed by atoms with Gasteiger partial charge in [0.2, 0.25) is 0 Å². The summed E-state index contributed by atoms with van der Waals surface area (Å²) in [5, 5.41) is 2.76. The molecular formula is C30H50O5Si2. The Balaban J connectivity index is 1.70. The van der Waals surface area contributed by atoms with Crippen LogP contribution in [0.15, 0.2) is 60.7 Å². The van der Waals surface area contributed by atoms with E-state index in [9.17, 15) is 0 Å². The molecule has 37 heavy (non-hydrogen) atoms. The van der Waals surface area contributed by atoms with Gasteiger partial charge in [-0.15, -0.1) is 0 Å². The zero-order valence-corrected chi connectivity index (χ0v) is 26.5. The normalized spacial score (nSPS) is 13.2. The topological polar surface area (TPSA) is 46.2 Å². The highest BCUT2D eigenvalue weighted by atomic mass is 28.4. The van der Waals surface area contributed by atoms with E-state index >= 15 is 0 Å². The van der Waals surface area contributed by atoms with Crippen molar-refractivity contribution in [3.8, 4) is 0 Å². The highest BCUT2D eigenvalue weighted by Gasteiger charge is 2.50. The summed E-state index contributed by atoms with van der Waals surface area (Å²) in [6.45, 7) is 22.7. The van der Waals surface area contributed by atoms with E-state index in [-0.39, 0.29) is 10.1 Å². The molecular weight excluding hydrogens is 496 g/mol. The lowest BCUT2D eigenvalue weighted by molar-refractivity contribution is 0.00384. The minimum Gasteiger partial charge on any atom is -0.414 e. The third-order valence-corrected chi connectivity index (χ3v) is 16.8. The molecule has 5 nitrogen and oxygen atoms in total. The van der Waals surface area contributed by atoms with E-state index in [1.807, 2.05) is 0 Å². The van der Waals surface area contributed by atoms with Crippen LogP contribution in [0.1, 0.15) is 41.5 Å². The van der Waals surface area contributed by atoms with Crippen LogP contribution < -0.4 is 10.4 Å². The van der Waals surface area contributed by atoms with Gasteiger partial charge < -0.3 is 23.1 Å². The van der Waals surface area contributed by atoms with Gasteiger partial charge in [-0.1, -0.05) is 102 Å². The number of benzene rings is 2. The summed E-state index contributed by atoms with van der Waals surface area (Å²) in [4.78, 5) is 0. The molecule has 0 aromatic heterocycles. The van der Waals surface area contributed by atoms with E-state index in [0.29, 0.717) is 52.9 Å². The van der Waals surface area contributed by atoms with Crippen molar-refractivity contribution < 1.29 is 23.1 Å². The number of rotatable bonds is 16. The van der Waals surface area contributed by atoms with E-state index in [4.69, 9.17) is 23.1 Å². The lowest BCUT2D eigenvalue weighted by Crippen LogP contribution is -2.66. The average Bonchev–Trinajstić information content (AvgIpc) is 2.84. The maximum absolute atomic E-state index is 6.84. The van der Waals surface area contributed by atoms with Gasteiger partial charge in [-0.25, -0.2) is 0 Å². The highest BCUT2D eigenvalue weighted by Crippen LogP contribution is 2.37. The Morgan fingerprint density at radius 2 is 0.838 bits per heavy atom. The van der Waals surface area contributed by atoms with Crippen LogP contribution in [0.5, 0.6) is 0 Å². The van der Waals surface area contributed by atoms with Crippen LogP contribution in [-0.4, -0.2) is 69.5 Å². The SMILES string of the molecule is CC(C)(C)[Si](C)(C)OCCOCCOCCOCCO[Si](c1ccccc1)(c1ccccc1)C(C)(C)C. The first-order valence-electron chi connectivity index (χ1n) is 13.5. The molecule has 0 fully saturated rings. The minimum atomic E-state index is -2.50. The van der Waals surface area contributed by atoms with Crippen LogP contribution in [0.4, 0.5) is 0 Å². The number of ether oxygens (including phenoxy) is 3. The van der Waals surface area contributed by atoms with Crippen LogP contribution in [0.25, 0.3) is 0 Å². The fraction of sp³-hybridized carbons (Fsp3) is 0.600. The van der Waals surface area contributed by atoms with Crippen LogP contribution in [0.3, 0.4) is 0 Å². The standard InChI is InChI=1S/C30H50O5Si2/c1-29(2,3)36(7,8)34-25-23-32-21-19-31-20-22-33-24-26-35-37(30(4,5)6,27-15-11-9-12-16-27)28-17-13-10-14-18-28/h9-18H,19-26H2,1-8H3. The van der Waals surface area contributed by atoms with Crippen molar-refractivity contribution in [3.63, 3.8) is 0 Å². The first-order valence-corrected chi connectivity index (χ1v) is 18.4. The Labute approximate surface area is 228 Å². The smallest absolute Gasteiger partial charge is 0.261 e. The summed E-state index contributed by atoms with van der Waals surface area (Å²) >= 11 is 0. The Kier molecular flexibility index (Phi) is 12.7.